The number of benzene rings is 2. The van der Waals surface area contributed by atoms with Gasteiger partial charge < -0.3 is 21.3 Å². The lowest BCUT2D eigenvalue weighted by molar-refractivity contribution is -0.137. The molecule has 208 valence electrons. The number of carbonyl (C=O) groups is 1. The lowest BCUT2D eigenvalue weighted by Crippen LogP contribution is -2.36. The van der Waals surface area contributed by atoms with Gasteiger partial charge in [-0.15, -0.1) is 0 Å². The van der Waals surface area contributed by atoms with Crippen molar-refractivity contribution in [3.63, 3.8) is 0 Å². The number of alkyl halides is 3. The van der Waals surface area contributed by atoms with E-state index in [-0.39, 0.29) is 30.3 Å². The van der Waals surface area contributed by atoms with Crippen molar-refractivity contribution in [2.75, 3.05) is 29.5 Å². The molecule has 1 aromatic heterocycles. The van der Waals surface area contributed by atoms with Crippen molar-refractivity contribution in [2.24, 2.45) is 5.92 Å². The van der Waals surface area contributed by atoms with Crippen LogP contribution in [0.3, 0.4) is 0 Å². The average molecular weight is 542 g/mol. The van der Waals surface area contributed by atoms with E-state index in [4.69, 9.17) is 0 Å². The molecule has 1 aliphatic rings. The molecule has 39 heavy (non-hydrogen) atoms. The molecule has 4 rings (SSSR count). The molecule has 0 aliphatic heterocycles. The quantitative estimate of drug-likeness (QED) is 0.271. The smallest absolute Gasteiger partial charge is 0.357 e. The first kappa shape index (κ1) is 28.1. The Morgan fingerprint density at radius 1 is 0.923 bits per heavy atom. The molecular weight excluding hydrogens is 507 g/mol. The highest BCUT2D eigenvalue weighted by atomic mass is 19.4. The third kappa shape index (κ3) is 8.05. The van der Waals surface area contributed by atoms with Crippen LogP contribution in [0, 0.1) is 5.92 Å². The zero-order valence-electron chi connectivity index (χ0n) is 22.1. The van der Waals surface area contributed by atoms with Crippen molar-refractivity contribution < 1.29 is 18.0 Å². The van der Waals surface area contributed by atoms with E-state index >= 15 is 0 Å². The zero-order chi connectivity index (χ0) is 27.8. The Kier molecular flexibility index (Phi) is 9.21. The summed E-state index contributed by atoms with van der Waals surface area (Å²) in [5.74, 6) is 1.47. The van der Waals surface area contributed by atoms with E-state index in [0.717, 1.165) is 25.0 Å². The van der Waals surface area contributed by atoms with Crippen LogP contribution in [-0.2, 0) is 17.5 Å². The Labute approximate surface area is 226 Å². The second kappa shape index (κ2) is 12.8. The van der Waals surface area contributed by atoms with E-state index < -0.39 is 11.7 Å². The van der Waals surface area contributed by atoms with Gasteiger partial charge in [-0.1, -0.05) is 49.4 Å². The van der Waals surface area contributed by atoms with Crippen LogP contribution in [0.4, 0.5) is 31.0 Å². The number of nitrogens with one attached hydrogen (secondary N) is 4. The maximum Gasteiger partial charge on any atom is 0.416 e. The highest BCUT2D eigenvalue weighted by Gasteiger charge is 2.30. The topological polar surface area (TPSA) is 104 Å². The Morgan fingerprint density at radius 2 is 1.56 bits per heavy atom. The van der Waals surface area contributed by atoms with E-state index in [1.165, 1.54) is 17.7 Å². The highest BCUT2D eigenvalue weighted by molar-refractivity contribution is 5.78. The van der Waals surface area contributed by atoms with Gasteiger partial charge in [-0.05, 0) is 54.9 Å². The molecule has 0 saturated heterocycles. The SMILES string of the molecule is CNc1nc(NC[C@H](C)c2ccccc2)nc(N[C@H]2CC[C@@H](C(=O)NCc3ccc(C(F)(F)F)cc3)CC2)n1. The molecular formula is C28H34F3N7O. The number of hydrogen-bond donors (Lipinski definition) is 4. The molecule has 0 radical (unpaired) electrons. The molecule has 4 N–H and O–H groups in total. The molecule has 1 saturated carbocycles. The van der Waals surface area contributed by atoms with E-state index in [0.29, 0.717) is 42.8 Å². The van der Waals surface area contributed by atoms with E-state index in [2.05, 4.69) is 55.3 Å². The second-order valence-corrected chi connectivity index (χ2v) is 9.85. The fraction of sp³-hybridized carbons (Fsp3) is 0.429. The third-order valence-corrected chi connectivity index (χ3v) is 6.97. The summed E-state index contributed by atoms with van der Waals surface area (Å²) < 4.78 is 38.2. The molecule has 1 fully saturated rings. The lowest BCUT2D eigenvalue weighted by atomic mass is 9.85. The van der Waals surface area contributed by atoms with Crippen LogP contribution in [0.15, 0.2) is 54.6 Å². The predicted octanol–water partition coefficient (Wildman–Crippen LogP) is 5.43. The van der Waals surface area contributed by atoms with E-state index in [1.54, 1.807) is 7.05 Å². The van der Waals surface area contributed by atoms with Crippen molar-refractivity contribution in [3.05, 3.63) is 71.3 Å². The van der Waals surface area contributed by atoms with Crippen LogP contribution >= 0.6 is 0 Å². The number of amides is 1. The van der Waals surface area contributed by atoms with E-state index in [1.807, 2.05) is 18.2 Å². The van der Waals surface area contributed by atoms with Gasteiger partial charge in [0.25, 0.3) is 0 Å². The maximum atomic E-state index is 12.7. The summed E-state index contributed by atoms with van der Waals surface area (Å²) in [4.78, 5) is 26.1. The first-order valence-corrected chi connectivity index (χ1v) is 13.1. The first-order chi connectivity index (χ1) is 18.7. The maximum absolute atomic E-state index is 12.7. The standard InChI is InChI=1S/C28H34F3N7O/c1-18(20-6-4-3-5-7-20)16-34-26-36-25(32-2)37-27(38-26)35-23-14-10-21(11-15-23)24(39)33-17-19-8-12-22(13-9-19)28(29,30)31/h3-9,12-13,18,21,23H,10-11,14-17H2,1-2H3,(H,33,39)(H3,32,34,35,36,37,38)/t18-,21-,23+/m0/s1. The molecule has 2 aromatic carbocycles. The van der Waals surface area contributed by atoms with Crippen LogP contribution in [-0.4, -0.2) is 40.5 Å². The number of hydrogen-bond acceptors (Lipinski definition) is 7. The van der Waals surface area contributed by atoms with Crippen molar-refractivity contribution in [2.45, 2.75) is 57.3 Å². The highest BCUT2D eigenvalue weighted by Crippen LogP contribution is 2.29. The summed E-state index contributed by atoms with van der Waals surface area (Å²) in [6.45, 7) is 3.01. The molecule has 8 nitrogen and oxygen atoms in total. The van der Waals surface area contributed by atoms with Gasteiger partial charge in [0, 0.05) is 32.1 Å². The number of anilines is 3. The van der Waals surface area contributed by atoms with Gasteiger partial charge >= 0.3 is 6.18 Å². The molecule has 0 spiro atoms. The van der Waals surface area contributed by atoms with Crippen LogP contribution in [0.5, 0.6) is 0 Å². The van der Waals surface area contributed by atoms with Crippen molar-refractivity contribution >= 4 is 23.8 Å². The van der Waals surface area contributed by atoms with Crippen molar-refractivity contribution in [1.82, 2.24) is 20.3 Å². The van der Waals surface area contributed by atoms with E-state index in [9.17, 15) is 18.0 Å². The largest absolute Gasteiger partial charge is 0.416 e. The fourth-order valence-electron chi connectivity index (χ4n) is 4.60. The van der Waals surface area contributed by atoms with Gasteiger partial charge in [-0.25, -0.2) is 0 Å². The van der Waals surface area contributed by atoms with Gasteiger partial charge in [-0.2, -0.15) is 28.1 Å². The Balaban J connectivity index is 1.25. The molecule has 3 aromatic rings. The summed E-state index contributed by atoms with van der Waals surface area (Å²) in [6, 6.07) is 15.2. The number of carbonyl (C=O) groups excluding carboxylic acids is 1. The van der Waals surface area contributed by atoms with Gasteiger partial charge in [0.05, 0.1) is 5.56 Å². The van der Waals surface area contributed by atoms with Crippen molar-refractivity contribution in [3.8, 4) is 0 Å². The normalized spacial score (nSPS) is 18.2. The predicted molar refractivity (Wildman–Crippen MR) is 145 cm³/mol. The number of nitrogens with zero attached hydrogens (tertiary/aromatic N) is 3. The van der Waals surface area contributed by atoms with Crippen LogP contribution in [0.2, 0.25) is 0 Å². The minimum atomic E-state index is -4.37. The third-order valence-electron chi connectivity index (χ3n) is 6.97. The number of halogens is 3. The Bertz CT molecular complexity index is 1210. The zero-order valence-corrected chi connectivity index (χ0v) is 22.1. The summed E-state index contributed by atoms with van der Waals surface area (Å²) >= 11 is 0. The molecule has 0 bridgehead atoms. The average Bonchev–Trinajstić information content (AvgIpc) is 2.95. The molecule has 1 amide bonds. The monoisotopic (exact) mass is 541 g/mol. The summed E-state index contributed by atoms with van der Waals surface area (Å²) in [6.07, 6.45) is -1.44. The summed E-state index contributed by atoms with van der Waals surface area (Å²) in [5, 5.41) is 12.5. The van der Waals surface area contributed by atoms with Gasteiger partial charge in [0.15, 0.2) is 0 Å². The van der Waals surface area contributed by atoms with Gasteiger partial charge in [0.1, 0.15) is 0 Å². The fourth-order valence-corrected chi connectivity index (χ4v) is 4.60. The number of rotatable bonds is 10. The van der Waals surface area contributed by atoms with Crippen LogP contribution < -0.4 is 21.3 Å². The minimum absolute atomic E-state index is 0.0787. The molecule has 1 aliphatic carbocycles. The van der Waals surface area contributed by atoms with Crippen molar-refractivity contribution in [1.29, 1.82) is 0 Å². The van der Waals surface area contributed by atoms with Gasteiger partial charge in [-0.3, -0.25) is 4.79 Å². The Morgan fingerprint density at radius 3 is 2.21 bits per heavy atom. The van der Waals surface area contributed by atoms with Crippen LogP contribution in [0.25, 0.3) is 0 Å². The molecule has 1 atom stereocenters. The summed E-state index contributed by atoms with van der Waals surface area (Å²) in [7, 11) is 1.75. The summed E-state index contributed by atoms with van der Waals surface area (Å²) in [5.41, 5.74) is 1.16. The molecule has 11 heteroatoms. The van der Waals surface area contributed by atoms with Gasteiger partial charge in [0.2, 0.25) is 23.8 Å². The second-order valence-electron chi connectivity index (χ2n) is 9.85. The van der Waals surface area contributed by atoms with Crippen LogP contribution in [0.1, 0.15) is 55.2 Å². The first-order valence-electron chi connectivity index (χ1n) is 13.1. The Hall–Kier alpha value is -3.89. The lowest BCUT2D eigenvalue weighted by Gasteiger charge is -2.28. The number of aromatic nitrogens is 3. The minimum Gasteiger partial charge on any atom is -0.357 e. The molecule has 1 heterocycles. The molecule has 0 unspecified atom stereocenters.